The Morgan fingerprint density at radius 1 is 1.33 bits per heavy atom. The predicted molar refractivity (Wildman–Crippen MR) is 82.4 cm³/mol. The van der Waals surface area contributed by atoms with Gasteiger partial charge in [0.1, 0.15) is 0 Å². The van der Waals surface area contributed by atoms with Crippen molar-refractivity contribution >= 4 is 34.2 Å². The molecule has 0 bridgehead atoms. The summed E-state index contributed by atoms with van der Waals surface area (Å²) >= 11 is 1.64. The zero-order valence-electron chi connectivity index (χ0n) is 12.0. The molecule has 2 N–H and O–H groups in total. The summed E-state index contributed by atoms with van der Waals surface area (Å²) in [4.78, 5) is 22.0. The molecule has 7 heteroatoms. The molecule has 0 saturated heterocycles. The van der Waals surface area contributed by atoms with Gasteiger partial charge in [-0.2, -0.15) is 5.10 Å². The predicted octanol–water partition coefficient (Wildman–Crippen LogP) is 2.64. The average Bonchev–Trinajstić information content (AvgIpc) is 3.06. The highest BCUT2D eigenvalue weighted by Crippen LogP contribution is 2.29. The van der Waals surface area contributed by atoms with Gasteiger partial charge in [0.25, 0.3) is 0 Å². The SMILES string of the molecule is Cc1cc(C(C)(C)C(=O)Nc2[nH]nc3nccnc23)cs1. The number of anilines is 1. The standard InChI is InChI=1S/C14H15N5OS/c1-8-6-9(7-21-8)14(2,3)13(20)17-12-10-11(18-19-12)16-5-4-15-10/h4-7H,1-3H3,(H2,16,17,18,19,20). The van der Waals surface area contributed by atoms with Crippen LogP contribution in [-0.2, 0) is 10.2 Å². The van der Waals surface area contributed by atoms with Crippen LogP contribution in [0, 0.1) is 6.92 Å². The van der Waals surface area contributed by atoms with Gasteiger partial charge in [0, 0.05) is 17.3 Å². The molecule has 0 unspecified atom stereocenters. The van der Waals surface area contributed by atoms with E-state index in [0.29, 0.717) is 17.0 Å². The van der Waals surface area contributed by atoms with E-state index in [1.807, 2.05) is 32.2 Å². The van der Waals surface area contributed by atoms with E-state index in [2.05, 4.69) is 25.5 Å². The minimum Gasteiger partial charge on any atom is -0.308 e. The highest BCUT2D eigenvalue weighted by Gasteiger charge is 2.31. The summed E-state index contributed by atoms with van der Waals surface area (Å²) in [6, 6.07) is 2.04. The number of carbonyl (C=O) groups is 1. The molecule has 108 valence electrons. The lowest BCUT2D eigenvalue weighted by Crippen LogP contribution is -2.34. The number of carbonyl (C=O) groups excluding carboxylic acids is 1. The molecule has 0 atom stereocenters. The summed E-state index contributed by atoms with van der Waals surface area (Å²) in [5.41, 5.74) is 1.40. The lowest BCUT2D eigenvalue weighted by molar-refractivity contribution is -0.120. The van der Waals surface area contributed by atoms with Crippen molar-refractivity contribution in [1.29, 1.82) is 0 Å². The van der Waals surface area contributed by atoms with E-state index < -0.39 is 5.41 Å². The number of hydrogen-bond acceptors (Lipinski definition) is 5. The molecule has 0 spiro atoms. The summed E-state index contributed by atoms with van der Waals surface area (Å²) in [6.07, 6.45) is 3.13. The van der Waals surface area contributed by atoms with Gasteiger partial charge >= 0.3 is 0 Å². The molecule has 0 aromatic carbocycles. The van der Waals surface area contributed by atoms with Gasteiger partial charge in [-0.15, -0.1) is 11.3 Å². The fourth-order valence-electron chi connectivity index (χ4n) is 2.01. The highest BCUT2D eigenvalue weighted by molar-refractivity contribution is 7.10. The maximum Gasteiger partial charge on any atom is 0.235 e. The molecule has 0 aliphatic heterocycles. The Hall–Kier alpha value is -2.28. The van der Waals surface area contributed by atoms with E-state index in [1.54, 1.807) is 23.7 Å². The number of aromatic amines is 1. The first-order valence-corrected chi connectivity index (χ1v) is 7.38. The van der Waals surface area contributed by atoms with Crippen LogP contribution in [-0.4, -0.2) is 26.1 Å². The molecule has 21 heavy (non-hydrogen) atoms. The second-order valence-corrected chi connectivity index (χ2v) is 6.47. The second-order valence-electron chi connectivity index (χ2n) is 5.35. The van der Waals surface area contributed by atoms with Crippen molar-refractivity contribution < 1.29 is 4.79 Å². The first-order valence-electron chi connectivity index (χ1n) is 6.50. The summed E-state index contributed by atoms with van der Waals surface area (Å²) < 4.78 is 0. The summed E-state index contributed by atoms with van der Waals surface area (Å²) in [5, 5.41) is 11.7. The number of H-pyrrole nitrogens is 1. The van der Waals surface area contributed by atoms with E-state index >= 15 is 0 Å². The van der Waals surface area contributed by atoms with E-state index in [-0.39, 0.29) is 5.91 Å². The van der Waals surface area contributed by atoms with Gasteiger partial charge in [0.05, 0.1) is 5.41 Å². The number of thiophene rings is 1. The molecule has 0 radical (unpaired) electrons. The Bertz CT molecular complexity index is 804. The van der Waals surface area contributed by atoms with Crippen molar-refractivity contribution in [3.63, 3.8) is 0 Å². The summed E-state index contributed by atoms with van der Waals surface area (Å²) in [5.74, 6) is 0.361. The molecule has 0 aliphatic carbocycles. The molecule has 1 amide bonds. The average molecular weight is 301 g/mol. The molecule has 3 heterocycles. The van der Waals surface area contributed by atoms with Crippen LogP contribution in [0.15, 0.2) is 23.8 Å². The minimum absolute atomic E-state index is 0.114. The van der Waals surface area contributed by atoms with E-state index in [9.17, 15) is 4.79 Å². The quantitative estimate of drug-likeness (QED) is 0.779. The lowest BCUT2D eigenvalue weighted by atomic mass is 9.85. The van der Waals surface area contributed by atoms with E-state index in [0.717, 1.165) is 5.56 Å². The van der Waals surface area contributed by atoms with Crippen molar-refractivity contribution in [2.45, 2.75) is 26.2 Å². The Morgan fingerprint density at radius 3 is 2.81 bits per heavy atom. The van der Waals surface area contributed by atoms with Gasteiger partial charge in [0.2, 0.25) is 11.6 Å². The van der Waals surface area contributed by atoms with Crippen molar-refractivity contribution in [1.82, 2.24) is 20.2 Å². The van der Waals surface area contributed by atoms with Crippen LogP contribution in [0.3, 0.4) is 0 Å². The topological polar surface area (TPSA) is 83.6 Å². The fourth-order valence-corrected chi connectivity index (χ4v) is 2.88. The minimum atomic E-state index is -0.635. The Balaban J connectivity index is 1.89. The molecule has 3 aromatic rings. The van der Waals surface area contributed by atoms with Gasteiger partial charge in [-0.05, 0) is 37.8 Å². The first kappa shape index (κ1) is 13.7. The maximum absolute atomic E-state index is 12.6. The maximum atomic E-state index is 12.6. The van der Waals surface area contributed by atoms with Crippen molar-refractivity contribution in [2.75, 3.05) is 5.32 Å². The summed E-state index contributed by atoms with van der Waals surface area (Å²) in [6.45, 7) is 5.82. The van der Waals surface area contributed by atoms with Gasteiger partial charge in [-0.3, -0.25) is 9.89 Å². The number of rotatable bonds is 3. The third-order valence-corrected chi connectivity index (χ3v) is 4.31. The molecule has 0 aliphatic rings. The molecule has 0 saturated carbocycles. The van der Waals surface area contributed by atoms with Gasteiger partial charge < -0.3 is 5.32 Å². The fraction of sp³-hybridized carbons (Fsp3) is 0.286. The van der Waals surface area contributed by atoms with Crippen LogP contribution >= 0.6 is 11.3 Å². The van der Waals surface area contributed by atoms with Crippen LogP contribution in [0.2, 0.25) is 0 Å². The van der Waals surface area contributed by atoms with E-state index in [4.69, 9.17) is 0 Å². The van der Waals surface area contributed by atoms with E-state index in [1.165, 1.54) is 4.88 Å². The largest absolute Gasteiger partial charge is 0.308 e. The zero-order valence-corrected chi connectivity index (χ0v) is 12.8. The number of aryl methyl sites for hydroxylation is 1. The van der Waals surface area contributed by atoms with Crippen molar-refractivity contribution in [3.8, 4) is 0 Å². The first-order chi connectivity index (χ1) is 9.98. The van der Waals surface area contributed by atoms with Crippen LogP contribution in [0.5, 0.6) is 0 Å². The summed E-state index contributed by atoms with van der Waals surface area (Å²) in [7, 11) is 0. The Labute approximate surface area is 125 Å². The molecule has 3 rings (SSSR count). The van der Waals surface area contributed by atoms with Crippen LogP contribution < -0.4 is 5.32 Å². The van der Waals surface area contributed by atoms with Gasteiger partial charge in [-0.25, -0.2) is 9.97 Å². The van der Waals surface area contributed by atoms with Crippen LogP contribution in [0.25, 0.3) is 11.2 Å². The monoisotopic (exact) mass is 301 g/mol. The van der Waals surface area contributed by atoms with Crippen molar-refractivity contribution in [2.24, 2.45) is 0 Å². The smallest absolute Gasteiger partial charge is 0.235 e. The van der Waals surface area contributed by atoms with Crippen LogP contribution in [0.4, 0.5) is 5.82 Å². The Kier molecular flexibility index (Phi) is 3.21. The molecule has 0 fully saturated rings. The molecule has 3 aromatic heterocycles. The third-order valence-electron chi connectivity index (χ3n) is 3.45. The normalized spacial score (nSPS) is 11.8. The second kappa shape index (κ2) is 4.92. The highest BCUT2D eigenvalue weighted by atomic mass is 32.1. The van der Waals surface area contributed by atoms with Crippen molar-refractivity contribution in [3.05, 3.63) is 34.3 Å². The zero-order chi connectivity index (χ0) is 15.0. The number of amides is 1. The lowest BCUT2D eigenvalue weighted by Gasteiger charge is -2.22. The number of aromatic nitrogens is 4. The molecular formula is C14H15N5OS. The molecular weight excluding hydrogens is 286 g/mol. The third kappa shape index (κ3) is 2.40. The van der Waals surface area contributed by atoms with Crippen LogP contribution in [0.1, 0.15) is 24.3 Å². The van der Waals surface area contributed by atoms with Gasteiger partial charge in [0.15, 0.2) is 11.3 Å². The molecule has 6 nitrogen and oxygen atoms in total. The number of hydrogen-bond donors (Lipinski definition) is 2. The number of nitrogens with one attached hydrogen (secondary N) is 2. The number of fused-ring (bicyclic) bond motifs is 1. The Morgan fingerprint density at radius 2 is 2.10 bits per heavy atom. The van der Waals surface area contributed by atoms with Gasteiger partial charge in [-0.1, -0.05) is 0 Å². The number of nitrogens with zero attached hydrogens (tertiary/aromatic N) is 3.